The SMILES string of the molecule is CCCN1C(=O)[C@H](CC(=O)Nc2ccc(C)cc2C)SC1=Nc1cccc(C)c1. The van der Waals surface area contributed by atoms with Gasteiger partial charge in [-0.15, -0.1) is 0 Å². The Balaban J connectivity index is 1.74. The lowest BCUT2D eigenvalue weighted by Crippen LogP contribution is -2.34. The molecular formula is C23H27N3O2S. The third-order valence-corrected chi connectivity index (χ3v) is 5.90. The fourth-order valence-electron chi connectivity index (χ4n) is 3.29. The van der Waals surface area contributed by atoms with Crippen molar-refractivity contribution in [1.82, 2.24) is 4.90 Å². The monoisotopic (exact) mass is 409 g/mol. The number of aliphatic imine (C=N–C) groups is 1. The molecule has 6 heteroatoms. The number of benzene rings is 2. The molecule has 1 atom stereocenters. The smallest absolute Gasteiger partial charge is 0.242 e. The molecule has 152 valence electrons. The largest absolute Gasteiger partial charge is 0.326 e. The molecule has 2 aromatic carbocycles. The lowest BCUT2D eigenvalue weighted by molar-refractivity contribution is -0.128. The van der Waals surface area contributed by atoms with Crippen molar-refractivity contribution in [2.45, 2.75) is 45.8 Å². The summed E-state index contributed by atoms with van der Waals surface area (Å²) in [5.41, 5.74) is 4.89. The van der Waals surface area contributed by atoms with E-state index in [1.165, 1.54) is 11.8 Å². The van der Waals surface area contributed by atoms with Gasteiger partial charge in [0.05, 0.1) is 5.69 Å². The number of nitrogens with one attached hydrogen (secondary N) is 1. The minimum absolute atomic E-state index is 0.0426. The number of hydrogen-bond donors (Lipinski definition) is 1. The topological polar surface area (TPSA) is 61.8 Å². The third-order valence-electron chi connectivity index (χ3n) is 4.72. The summed E-state index contributed by atoms with van der Waals surface area (Å²) in [7, 11) is 0. The van der Waals surface area contributed by atoms with Crippen molar-refractivity contribution in [3.63, 3.8) is 0 Å². The fourth-order valence-corrected chi connectivity index (χ4v) is 4.47. The van der Waals surface area contributed by atoms with Gasteiger partial charge in [-0.25, -0.2) is 4.99 Å². The Morgan fingerprint density at radius 2 is 1.90 bits per heavy atom. The maximum atomic E-state index is 12.9. The lowest BCUT2D eigenvalue weighted by atomic mass is 10.1. The quantitative estimate of drug-likeness (QED) is 0.732. The minimum atomic E-state index is -0.448. The Bertz CT molecular complexity index is 955. The van der Waals surface area contributed by atoms with Crippen LogP contribution in [0.1, 0.15) is 36.5 Å². The Morgan fingerprint density at radius 1 is 1.14 bits per heavy atom. The molecule has 3 rings (SSSR count). The van der Waals surface area contributed by atoms with Gasteiger partial charge in [-0.05, 0) is 56.5 Å². The molecule has 1 fully saturated rings. The standard InChI is InChI=1S/C23H27N3O2S/c1-5-11-26-22(28)20(29-23(26)24-18-8-6-7-15(2)13-18)14-21(27)25-19-10-9-16(3)12-17(19)4/h6-10,12-13,20H,5,11,14H2,1-4H3,(H,25,27)/t20-/m0/s1. The van der Waals surface area contributed by atoms with Crippen molar-refractivity contribution in [1.29, 1.82) is 0 Å². The van der Waals surface area contributed by atoms with Gasteiger partial charge in [0, 0.05) is 18.7 Å². The van der Waals surface area contributed by atoms with Crippen LogP contribution in [0.3, 0.4) is 0 Å². The molecule has 29 heavy (non-hydrogen) atoms. The van der Waals surface area contributed by atoms with E-state index in [0.29, 0.717) is 11.7 Å². The van der Waals surface area contributed by atoms with Crippen LogP contribution in [0.2, 0.25) is 0 Å². The van der Waals surface area contributed by atoms with E-state index in [-0.39, 0.29) is 18.2 Å². The highest BCUT2D eigenvalue weighted by atomic mass is 32.2. The summed E-state index contributed by atoms with van der Waals surface area (Å²) in [6.45, 7) is 8.63. The molecule has 0 spiro atoms. The first-order valence-corrected chi connectivity index (χ1v) is 10.8. The molecular weight excluding hydrogens is 382 g/mol. The van der Waals surface area contributed by atoms with E-state index >= 15 is 0 Å². The number of carbonyl (C=O) groups excluding carboxylic acids is 2. The molecule has 0 saturated carbocycles. The average molecular weight is 410 g/mol. The maximum absolute atomic E-state index is 12.9. The van der Waals surface area contributed by atoms with Gasteiger partial charge in [-0.1, -0.05) is 48.5 Å². The van der Waals surface area contributed by atoms with Crippen LogP contribution in [0, 0.1) is 20.8 Å². The summed E-state index contributed by atoms with van der Waals surface area (Å²) >= 11 is 1.38. The molecule has 1 aliphatic heterocycles. The highest BCUT2D eigenvalue weighted by Gasteiger charge is 2.38. The predicted octanol–water partition coefficient (Wildman–Crippen LogP) is 4.98. The van der Waals surface area contributed by atoms with Crippen molar-refractivity contribution >= 4 is 40.1 Å². The molecule has 0 radical (unpaired) electrons. The van der Waals surface area contributed by atoms with Crippen LogP contribution < -0.4 is 5.32 Å². The molecule has 1 saturated heterocycles. The average Bonchev–Trinajstić information content (AvgIpc) is 2.93. The van der Waals surface area contributed by atoms with E-state index in [1.807, 2.05) is 70.2 Å². The second kappa shape index (κ2) is 9.27. The van der Waals surface area contributed by atoms with Gasteiger partial charge in [0.15, 0.2) is 5.17 Å². The number of amides is 2. The summed E-state index contributed by atoms with van der Waals surface area (Å²) < 4.78 is 0. The number of nitrogens with zero attached hydrogens (tertiary/aromatic N) is 2. The van der Waals surface area contributed by atoms with Gasteiger partial charge in [0.1, 0.15) is 5.25 Å². The van der Waals surface area contributed by atoms with Crippen LogP contribution in [0.15, 0.2) is 47.5 Å². The summed E-state index contributed by atoms with van der Waals surface area (Å²) in [5, 5.41) is 3.17. The Kier molecular flexibility index (Phi) is 6.75. The molecule has 0 aromatic heterocycles. The predicted molar refractivity (Wildman–Crippen MR) is 121 cm³/mol. The van der Waals surface area contributed by atoms with Gasteiger partial charge in [0.25, 0.3) is 0 Å². The first kappa shape index (κ1) is 21.1. The highest BCUT2D eigenvalue weighted by Crippen LogP contribution is 2.32. The summed E-state index contributed by atoms with van der Waals surface area (Å²) in [4.78, 5) is 31.9. The minimum Gasteiger partial charge on any atom is -0.326 e. The molecule has 2 aromatic rings. The number of amidine groups is 1. The number of aryl methyl sites for hydroxylation is 3. The maximum Gasteiger partial charge on any atom is 0.242 e. The number of rotatable bonds is 6. The summed E-state index contributed by atoms with van der Waals surface area (Å²) in [6.07, 6.45) is 0.963. The highest BCUT2D eigenvalue weighted by molar-refractivity contribution is 8.15. The molecule has 1 heterocycles. The number of carbonyl (C=O) groups is 2. The van der Waals surface area contributed by atoms with Gasteiger partial charge >= 0.3 is 0 Å². The molecule has 1 N–H and O–H groups in total. The normalized spacial score (nSPS) is 17.8. The zero-order chi connectivity index (χ0) is 21.0. The molecule has 1 aliphatic rings. The molecule has 0 aliphatic carbocycles. The van der Waals surface area contributed by atoms with E-state index in [2.05, 4.69) is 10.3 Å². The van der Waals surface area contributed by atoms with Crippen LogP contribution in [0.25, 0.3) is 0 Å². The number of anilines is 1. The molecule has 2 amide bonds. The van der Waals surface area contributed by atoms with Gasteiger partial charge in [-0.2, -0.15) is 0 Å². The van der Waals surface area contributed by atoms with E-state index in [4.69, 9.17) is 0 Å². The van der Waals surface area contributed by atoms with Crippen LogP contribution in [-0.2, 0) is 9.59 Å². The molecule has 0 unspecified atom stereocenters. The Labute approximate surface area is 176 Å². The zero-order valence-electron chi connectivity index (χ0n) is 17.4. The van der Waals surface area contributed by atoms with Gasteiger partial charge < -0.3 is 5.32 Å². The van der Waals surface area contributed by atoms with Crippen molar-refractivity contribution in [2.24, 2.45) is 4.99 Å². The summed E-state index contributed by atoms with van der Waals surface area (Å²) in [6, 6.07) is 13.8. The Morgan fingerprint density at radius 3 is 2.59 bits per heavy atom. The van der Waals surface area contributed by atoms with Crippen molar-refractivity contribution in [3.8, 4) is 0 Å². The molecule has 0 bridgehead atoms. The first-order valence-electron chi connectivity index (χ1n) is 9.88. The zero-order valence-corrected chi connectivity index (χ0v) is 18.2. The second-order valence-electron chi connectivity index (χ2n) is 7.40. The van der Waals surface area contributed by atoms with Crippen molar-refractivity contribution in [2.75, 3.05) is 11.9 Å². The van der Waals surface area contributed by atoms with Crippen LogP contribution in [-0.4, -0.2) is 33.7 Å². The van der Waals surface area contributed by atoms with Crippen molar-refractivity contribution in [3.05, 3.63) is 59.2 Å². The number of thioether (sulfide) groups is 1. The van der Waals surface area contributed by atoms with Crippen molar-refractivity contribution < 1.29 is 9.59 Å². The van der Waals surface area contributed by atoms with Gasteiger partial charge in [-0.3, -0.25) is 14.5 Å². The number of hydrogen-bond acceptors (Lipinski definition) is 4. The van der Waals surface area contributed by atoms with Crippen LogP contribution in [0.5, 0.6) is 0 Å². The van der Waals surface area contributed by atoms with Crippen LogP contribution >= 0.6 is 11.8 Å². The van der Waals surface area contributed by atoms with Gasteiger partial charge in [0.2, 0.25) is 11.8 Å². The van der Waals surface area contributed by atoms with E-state index in [1.54, 1.807) is 4.90 Å². The Hall–Kier alpha value is -2.60. The van der Waals surface area contributed by atoms with E-state index in [0.717, 1.165) is 34.5 Å². The van der Waals surface area contributed by atoms with E-state index < -0.39 is 5.25 Å². The lowest BCUT2D eigenvalue weighted by Gasteiger charge is -2.15. The second-order valence-corrected chi connectivity index (χ2v) is 8.57. The van der Waals surface area contributed by atoms with Crippen LogP contribution in [0.4, 0.5) is 11.4 Å². The fraction of sp³-hybridized carbons (Fsp3) is 0.348. The van der Waals surface area contributed by atoms with E-state index in [9.17, 15) is 9.59 Å². The molecule has 5 nitrogen and oxygen atoms in total. The first-order chi connectivity index (χ1) is 13.9. The third kappa shape index (κ3) is 5.26. The summed E-state index contributed by atoms with van der Waals surface area (Å²) in [5.74, 6) is -0.199.